The summed E-state index contributed by atoms with van der Waals surface area (Å²) in [7, 11) is 0. The Kier molecular flexibility index (Phi) is 7.11. The number of anilines is 1. The molecule has 0 atom stereocenters. The fraction of sp³-hybridized carbons (Fsp3) is 0.400. The van der Waals surface area contributed by atoms with Crippen molar-refractivity contribution in [2.45, 2.75) is 20.3 Å². The zero-order chi connectivity index (χ0) is 15.7. The normalized spacial score (nSPS) is 10.0. The molecule has 2 amide bonds. The van der Waals surface area contributed by atoms with E-state index in [1.54, 1.807) is 18.2 Å². The number of rotatable bonds is 7. The zero-order valence-electron chi connectivity index (χ0n) is 12.3. The summed E-state index contributed by atoms with van der Waals surface area (Å²) < 4.78 is 5.12. The molecule has 1 aromatic rings. The topological polar surface area (TPSA) is 84.5 Å². The molecule has 0 fully saturated rings. The molecule has 0 bridgehead atoms. The molecule has 114 valence electrons. The van der Waals surface area contributed by atoms with E-state index < -0.39 is 11.8 Å². The molecule has 0 unspecified atom stereocenters. The van der Waals surface area contributed by atoms with Gasteiger partial charge in [-0.15, -0.1) is 0 Å². The van der Waals surface area contributed by atoms with Crippen LogP contribution in [0.2, 0.25) is 0 Å². The van der Waals surface area contributed by atoms with Crippen LogP contribution in [0.15, 0.2) is 24.3 Å². The average molecular weight is 292 g/mol. The predicted octanol–water partition coefficient (Wildman–Crippen LogP) is 1.37. The van der Waals surface area contributed by atoms with E-state index in [1.165, 1.54) is 13.0 Å². The Morgan fingerprint density at radius 2 is 1.95 bits per heavy atom. The van der Waals surface area contributed by atoms with E-state index >= 15 is 0 Å². The second kappa shape index (κ2) is 8.86. The first-order valence-corrected chi connectivity index (χ1v) is 6.82. The number of carbonyl (C=O) groups excluding carboxylic acids is 3. The molecular formula is C15H20N2O4. The Morgan fingerprint density at radius 3 is 2.62 bits per heavy atom. The van der Waals surface area contributed by atoms with Crippen molar-refractivity contribution in [2.75, 3.05) is 25.1 Å². The monoisotopic (exact) mass is 292 g/mol. The van der Waals surface area contributed by atoms with E-state index in [-0.39, 0.29) is 5.78 Å². The highest BCUT2D eigenvalue weighted by atomic mass is 16.5. The van der Waals surface area contributed by atoms with Crippen molar-refractivity contribution in [2.24, 2.45) is 0 Å². The number of amides is 2. The van der Waals surface area contributed by atoms with E-state index in [0.717, 1.165) is 0 Å². The quantitative estimate of drug-likeness (QED) is 0.451. The fourth-order valence-corrected chi connectivity index (χ4v) is 1.60. The molecule has 0 aliphatic carbocycles. The number of nitrogens with one attached hydrogen (secondary N) is 2. The van der Waals surface area contributed by atoms with Crippen LogP contribution >= 0.6 is 0 Å². The molecule has 0 radical (unpaired) electrons. The summed E-state index contributed by atoms with van der Waals surface area (Å²) in [5.41, 5.74) is 0.891. The third-order valence-corrected chi connectivity index (χ3v) is 2.69. The van der Waals surface area contributed by atoms with Gasteiger partial charge in [-0.1, -0.05) is 12.1 Å². The van der Waals surface area contributed by atoms with Gasteiger partial charge in [0.1, 0.15) is 0 Å². The molecule has 0 saturated carbocycles. The van der Waals surface area contributed by atoms with E-state index in [2.05, 4.69) is 10.6 Å². The molecule has 6 nitrogen and oxygen atoms in total. The van der Waals surface area contributed by atoms with Crippen molar-refractivity contribution in [3.63, 3.8) is 0 Å². The summed E-state index contributed by atoms with van der Waals surface area (Å²) in [6.45, 7) is 4.87. The van der Waals surface area contributed by atoms with Gasteiger partial charge in [0, 0.05) is 31.0 Å². The zero-order valence-corrected chi connectivity index (χ0v) is 12.3. The van der Waals surface area contributed by atoms with Crippen molar-refractivity contribution in [1.29, 1.82) is 0 Å². The van der Waals surface area contributed by atoms with Gasteiger partial charge in [0.2, 0.25) is 0 Å². The summed E-state index contributed by atoms with van der Waals surface area (Å²) in [5, 5.41) is 4.96. The van der Waals surface area contributed by atoms with E-state index in [4.69, 9.17) is 4.74 Å². The Labute approximate surface area is 123 Å². The summed E-state index contributed by atoms with van der Waals surface area (Å²) in [5.74, 6) is -1.57. The summed E-state index contributed by atoms with van der Waals surface area (Å²) in [4.78, 5) is 34.5. The lowest BCUT2D eigenvalue weighted by Crippen LogP contribution is -2.36. The van der Waals surface area contributed by atoms with Crippen LogP contribution in [-0.2, 0) is 14.3 Å². The van der Waals surface area contributed by atoms with Crippen molar-refractivity contribution in [3.05, 3.63) is 29.8 Å². The lowest BCUT2D eigenvalue weighted by Gasteiger charge is -2.07. The second-order valence-corrected chi connectivity index (χ2v) is 4.40. The number of ketones is 1. The summed E-state index contributed by atoms with van der Waals surface area (Å²) in [6.07, 6.45) is 0.646. The third-order valence-electron chi connectivity index (χ3n) is 2.69. The molecule has 0 aliphatic heterocycles. The van der Waals surface area contributed by atoms with Gasteiger partial charge in [-0.3, -0.25) is 14.4 Å². The minimum absolute atomic E-state index is 0.105. The van der Waals surface area contributed by atoms with Crippen molar-refractivity contribution < 1.29 is 19.1 Å². The Hall–Kier alpha value is -2.21. The van der Waals surface area contributed by atoms with Crippen molar-refractivity contribution >= 4 is 23.3 Å². The largest absolute Gasteiger partial charge is 0.382 e. The fourth-order valence-electron chi connectivity index (χ4n) is 1.60. The van der Waals surface area contributed by atoms with Crippen LogP contribution in [0.1, 0.15) is 30.6 Å². The number of carbonyl (C=O) groups is 3. The number of hydrogen-bond acceptors (Lipinski definition) is 4. The molecule has 1 rings (SSSR count). The molecule has 0 aromatic heterocycles. The van der Waals surface area contributed by atoms with Gasteiger partial charge in [0.15, 0.2) is 5.78 Å². The van der Waals surface area contributed by atoms with Gasteiger partial charge in [-0.05, 0) is 32.4 Å². The van der Waals surface area contributed by atoms with Gasteiger partial charge in [0.05, 0.1) is 0 Å². The molecule has 0 spiro atoms. The SMILES string of the molecule is CCOCCCNC(=O)C(=O)Nc1cccc(C(C)=O)c1. The maximum Gasteiger partial charge on any atom is 0.313 e. The highest BCUT2D eigenvalue weighted by molar-refractivity contribution is 6.39. The number of Topliss-reactive ketones (excluding diaryl/α,β-unsaturated/α-hetero) is 1. The Morgan fingerprint density at radius 1 is 1.19 bits per heavy atom. The van der Waals surface area contributed by atoms with Gasteiger partial charge in [-0.25, -0.2) is 0 Å². The second-order valence-electron chi connectivity index (χ2n) is 4.40. The maximum absolute atomic E-state index is 11.7. The van der Waals surface area contributed by atoms with Crippen molar-refractivity contribution in [3.8, 4) is 0 Å². The first-order valence-electron chi connectivity index (χ1n) is 6.82. The number of benzene rings is 1. The maximum atomic E-state index is 11.7. The van der Waals surface area contributed by atoms with Gasteiger partial charge in [-0.2, -0.15) is 0 Å². The Bertz CT molecular complexity index is 514. The van der Waals surface area contributed by atoms with E-state index in [0.29, 0.717) is 37.4 Å². The first-order chi connectivity index (χ1) is 10.0. The van der Waals surface area contributed by atoms with Gasteiger partial charge < -0.3 is 15.4 Å². The van der Waals surface area contributed by atoms with E-state index in [1.807, 2.05) is 6.92 Å². The van der Waals surface area contributed by atoms with Gasteiger partial charge >= 0.3 is 11.8 Å². The minimum atomic E-state index is -0.757. The van der Waals surface area contributed by atoms with Crippen LogP contribution in [0.3, 0.4) is 0 Å². The molecule has 6 heteroatoms. The van der Waals surface area contributed by atoms with E-state index in [9.17, 15) is 14.4 Å². The highest BCUT2D eigenvalue weighted by Gasteiger charge is 2.13. The average Bonchev–Trinajstić information content (AvgIpc) is 2.47. The standard InChI is InChI=1S/C15H20N2O4/c1-3-21-9-5-8-16-14(19)15(20)17-13-7-4-6-12(10-13)11(2)18/h4,6-7,10H,3,5,8-9H2,1-2H3,(H,16,19)(H,17,20). The lowest BCUT2D eigenvalue weighted by atomic mass is 10.1. The van der Waals surface area contributed by atoms with Crippen LogP contribution in [0.25, 0.3) is 0 Å². The molecule has 0 saturated heterocycles. The van der Waals surface area contributed by atoms with Crippen molar-refractivity contribution in [1.82, 2.24) is 5.32 Å². The van der Waals surface area contributed by atoms with Gasteiger partial charge in [0.25, 0.3) is 0 Å². The lowest BCUT2D eigenvalue weighted by molar-refractivity contribution is -0.136. The number of ether oxygens (including phenoxy) is 1. The van der Waals surface area contributed by atoms with Crippen LogP contribution in [0.5, 0.6) is 0 Å². The van der Waals surface area contributed by atoms with Crippen LogP contribution in [-0.4, -0.2) is 37.4 Å². The summed E-state index contributed by atoms with van der Waals surface area (Å²) in [6, 6.07) is 6.44. The predicted molar refractivity (Wildman–Crippen MR) is 79.2 cm³/mol. The minimum Gasteiger partial charge on any atom is -0.382 e. The highest BCUT2D eigenvalue weighted by Crippen LogP contribution is 2.10. The third kappa shape index (κ3) is 6.18. The summed E-state index contributed by atoms with van der Waals surface area (Å²) >= 11 is 0. The molecule has 21 heavy (non-hydrogen) atoms. The first kappa shape index (κ1) is 16.8. The smallest absolute Gasteiger partial charge is 0.313 e. The molecular weight excluding hydrogens is 272 g/mol. The van der Waals surface area contributed by atoms with Crippen LogP contribution in [0, 0.1) is 0 Å². The van der Waals surface area contributed by atoms with Crippen LogP contribution in [0.4, 0.5) is 5.69 Å². The number of hydrogen-bond donors (Lipinski definition) is 2. The van der Waals surface area contributed by atoms with Crippen LogP contribution < -0.4 is 10.6 Å². The molecule has 0 heterocycles. The molecule has 0 aliphatic rings. The Balaban J connectivity index is 2.43. The molecule has 2 N–H and O–H groups in total. The molecule has 1 aromatic carbocycles.